The molecule has 1 aromatic heterocycles. The van der Waals surface area contributed by atoms with Crippen molar-refractivity contribution in [2.75, 3.05) is 7.05 Å². The molecule has 0 radical (unpaired) electrons. The number of aryl methyl sites for hydroxylation is 1. The van der Waals surface area contributed by atoms with Crippen molar-refractivity contribution in [1.29, 1.82) is 0 Å². The van der Waals surface area contributed by atoms with Gasteiger partial charge < -0.3 is 4.90 Å². The predicted molar refractivity (Wildman–Crippen MR) is 73.1 cm³/mol. The number of nitrogens with zero attached hydrogens (tertiary/aromatic N) is 1. The highest BCUT2D eigenvalue weighted by molar-refractivity contribution is 7.14. The zero-order valence-corrected chi connectivity index (χ0v) is 11.8. The molecular weight excluding hydrogens is 246 g/mol. The van der Waals surface area contributed by atoms with Crippen molar-refractivity contribution in [3.05, 3.63) is 21.9 Å². The quantitative estimate of drug-likeness (QED) is 0.842. The molecule has 0 saturated heterocycles. The largest absolute Gasteiger partial charge is 0.338 e. The van der Waals surface area contributed by atoms with E-state index in [1.54, 1.807) is 11.3 Å². The summed E-state index contributed by atoms with van der Waals surface area (Å²) in [5, 5.41) is 0. The maximum Gasteiger partial charge on any atom is 0.263 e. The number of Topliss-reactive ketones (excluding diaryl/α,β-unsaturated/α-hetero) is 1. The molecule has 1 saturated carbocycles. The molecule has 0 N–H and O–H groups in total. The number of thiophene rings is 1. The zero-order valence-electron chi connectivity index (χ0n) is 10.9. The molecule has 0 aliphatic heterocycles. The third kappa shape index (κ3) is 2.80. The van der Waals surface area contributed by atoms with Gasteiger partial charge in [0.25, 0.3) is 5.91 Å². The lowest BCUT2D eigenvalue weighted by molar-refractivity contribution is -0.121. The smallest absolute Gasteiger partial charge is 0.263 e. The summed E-state index contributed by atoms with van der Waals surface area (Å²) in [6.07, 6.45) is 3.83. The Morgan fingerprint density at radius 2 is 2.06 bits per heavy atom. The van der Waals surface area contributed by atoms with Gasteiger partial charge in [0, 0.05) is 30.8 Å². The molecule has 1 aliphatic rings. The van der Waals surface area contributed by atoms with Crippen LogP contribution < -0.4 is 0 Å². The number of hydrogen-bond acceptors (Lipinski definition) is 3. The van der Waals surface area contributed by atoms with E-state index in [4.69, 9.17) is 0 Å². The molecule has 1 heterocycles. The molecule has 0 aromatic carbocycles. The molecule has 1 aliphatic carbocycles. The third-order valence-electron chi connectivity index (χ3n) is 3.60. The predicted octanol–water partition coefficient (Wildman–Crippen LogP) is 2.89. The fourth-order valence-electron chi connectivity index (χ4n) is 2.33. The van der Waals surface area contributed by atoms with E-state index in [-0.39, 0.29) is 11.9 Å². The molecule has 1 amide bonds. The van der Waals surface area contributed by atoms with Gasteiger partial charge in [0.05, 0.1) is 4.88 Å². The van der Waals surface area contributed by atoms with Crippen LogP contribution in [0.25, 0.3) is 0 Å². The van der Waals surface area contributed by atoms with Crippen molar-refractivity contribution in [3.8, 4) is 0 Å². The normalized spacial score (nSPS) is 16.9. The number of carbonyl (C=O) groups excluding carboxylic acids is 2. The first kappa shape index (κ1) is 13.3. The fourth-order valence-corrected chi connectivity index (χ4v) is 3.26. The minimum absolute atomic E-state index is 0.0963. The van der Waals surface area contributed by atoms with Crippen LogP contribution >= 0.6 is 11.3 Å². The second-order valence-electron chi connectivity index (χ2n) is 4.81. The molecule has 0 bridgehead atoms. The number of rotatable bonds is 3. The minimum atomic E-state index is 0.0963. The maximum atomic E-state index is 12.3. The van der Waals surface area contributed by atoms with Crippen LogP contribution in [0.3, 0.4) is 0 Å². The lowest BCUT2D eigenvalue weighted by atomic mass is 9.93. The third-order valence-corrected chi connectivity index (χ3v) is 4.82. The molecule has 1 fully saturated rings. The van der Waals surface area contributed by atoms with Crippen LogP contribution in [0.4, 0.5) is 0 Å². The second kappa shape index (κ2) is 5.65. The highest BCUT2D eigenvalue weighted by Gasteiger charge is 2.26. The summed E-state index contributed by atoms with van der Waals surface area (Å²) in [4.78, 5) is 27.4. The van der Waals surface area contributed by atoms with E-state index in [1.807, 2.05) is 24.1 Å². The van der Waals surface area contributed by atoms with E-state index in [9.17, 15) is 9.59 Å². The minimum Gasteiger partial charge on any atom is -0.338 e. The fraction of sp³-hybridized carbons (Fsp3) is 0.571. The Morgan fingerprint density at radius 1 is 1.39 bits per heavy atom. The SMILES string of the molecule is CCc1ccc(C(=O)N(C)C2CCC(=O)CC2)s1. The van der Waals surface area contributed by atoms with Crippen molar-refractivity contribution < 1.29 is 9.59 Å². The average Bonchev–Trinajstić information content (AvgIpc) is 2.86. The summed E-state index contributed by atoms with van der Waals surface area (Å²) >= 11 is 1.58. The summed E-state index contributed by atoms with van der Waals surface area (Å²) in [6, 6.07) is 4.16. The monoisotopic (exact) mass is 265 g/mol. The van der Waals surface area contributed by atoms with Gasteiger partial charge in [-0.2, -0.15) is 0 Å². The van der Waals surface area contributed by atoms with Gasteiger partial charge >= 0.3 is 0 Å². The number of hydrogen-bond donors (Lipinski definition) is 0. The van der Waals surface area contributed by atoms with Crippen LogP contribution in [0.1, 0.15) is 47.2 Å². The van der Waals surface area contributed by atoms with Gasteiger partial charge in [-0.3, -0.25) is 9.59 Å². The van der Waals surface area contributed by atoms with E-state index < -0.39 is 0 Å². The summed E-state index contributed by atoms with van der Waals surface area (Å²) < 4.78 is 0. The lowest BCUT2D eigenvalue weighted by Crippen LogP contribution is -2.39. The molecule has 18 heavy (non-hydrogen) atoms. The zero-order chi connectivity index (χ0) is 13.1. The standard InChI is InChI=1S/C14H19NO2S/c1-3-12-8-9-13(18-12)14(17)15(2)10-4-6-11(16)7-5-10/h8-10H,3-7H2,1-2H3. The molecule has 2 rings (SSSR count). The van der Waals surface area contributed by atoms with Gasteiger partial charge in [-0.05, 0) is 31.4 Å². The van der Waals surface area contributed by atoms with Crippen molar-refractivity contribution in [3.63, 3.8) is 0 Å². The molecule has 0 unspecified atom stereocenters. The van der Waals surface area contributed by atoms with Gasteiger partial charge in [0.2, 0.25) is 0 Å². The van der Waals surface area contributed by atoms with E-state index in [2.05, 4.69) is 6.92 Å². The molecule has 3 nitrogen and oxygen atoms in total. The van der Waals surface area contributed by atoms with Gasteiger partial charge in [-0.1, -0.05) is 6.92 Å². The van der Waals surface area contributed by atoms with Gasteiger partial charge in [-0.25, -0.2) is 0 Å². The van der Waals surface area contributed by atoms with Crippen LogP contribution in [0, 0.1) is 0 Å². The second-order valence-corrected chi connectivity index (χ2v) is 5.97. The van der Waals surface area contributed by atoms with Crippen LogP contribution in [0.5, 0.6) is 0 Å². The Bertz CT molecular complexity index is 442. The van der Waals surface area contributed by atoms with E-state index in [1.165, 1.54) is 4.88 Å². The van der Waals surface area contributed by atoms with Crippen molar-refractivity contribution in [2.24, 2.45) is 0 Å². The highest BCUT2D eigenvalue weighted by atomic mass is 32.1. The van der Waals surface area contributed by atoms with Gasteiger partial charge in [0.1, 0.15) is 5.78 Å². The van der Waals surface area contributed by atoms with Gasteiger partial charge in [0.15, 0.2) is 0 Å². The van der Waals surface area contributed by atoms with E-state index >= 15 is 0 Å². The summed E-state index contributed by atoms with van der Waals surface area (Å²) in [5.41, 5.74) is 0. The summed E-state index contributed by atoms with van der Waals surface area (Å²) in [7, 11) is 1.86. The first-order chi connectivity index (χ1) is 8.61. The first-order valence-electron chi connectivity index (χ1n) is 6.49. The number of ketones is 1. The topological polar surface area (TPSA) is 37.4 Å². The highest BCUT2D eigenvalue weighted by Crippen LogP contribution is 2.24. The van der Waals surface area contributed by atoms with Crippen molar-refractivity contribution in [1.82, 2.24) is 4.90 Å². The molecular formula is C14H19NO2S. The Kier molecular flexibility index (Phi) is 4.17. The maximum absolute atomic E-state index is 12.3. The Labute approximate surface area is 112 Å². The Hall–Kier alpha value is -1.16. The lowest BCUT2D eigenvalue weighted by Gasteiger charge is -2.30. The molecule has 98 valence electrons. The van der Waals surface area contributed by atoms with Crippen LogP contribution in [-0.2, 0) is 11.2 Å². The van der Waals surface area contributed by atoms with Crippen molar-refractivity contribution >= 4 is 23.0 Å². The molecule has 1 aromatic rings. The molecule has 4 heteroatoms. The number of amides is 1. The molecule has 0 spiro atoms. The van der Waals surface area contributed by atoms with Crippen LogP contribution in [0.2, 0.25) is 0 Å². The Morgan fingerprint density at radius 3 is 2.61 bits per heavy atom. The first-order valence-corrected chi connectivity index (χ1v) is 7.31. The van der Waals surface area contributed by atoms with Crippen LogP contribution in [-0.4, -0.2) is 29.7 Å². The van der Waals surface area contributed by atoms with Crippen LogP contribution in [0.15, 0.2) is 12.1 Å². The average molecular weight is 265 g/mol. The summed E-state index contributed by atoms with van der Waals surface area (Å²) in [5.74, 6) is 0.426. The van der Waals surface area contributed by atoms with Gasteiger partial charge in [-0.15, -0.1) is 11.3 Å². The molecule has 0 atom stereocenters. The van der Waals surface area contributed by atoms with E-state index in [0.29, 0.717) is 18.6 Å². The van der Waals surface area contributed by atoms with Crippen molar-refractivity contribution in [2.45, 2.75) is 45.1 Å². The van der Waals surface area contributed by atoms with E-state index in [0.717, 1.165) is 24.1 Å². The number of carbonyl (C=O) groups is 2. The summed E-state index contributed by atoms with van der Waals surface area (Å²) in [6.45, 7) is 2.09. The Balaban J connectivity index is 2.02.